The van der Waals surface area contributed by atoms with Crippen LogP contribution in [0.4, 0.5) is 24.5 Å². The third kappa shape index (κ3) is 5.04. The van der Waals surface area contributed by atoms with Gasteiger partial charge in [-0.25, -0.2) is 4.85 Å². The third-order valence-corrected chi connectivity index (χ3v) is 5.32. The predicted molar refractivity (Wildman–Crippen MR) is 117 cm³/mol. The van der Waals surface area contributed by atoms with Crippen molar-refractivity contribution in [2.24, 2.45) is 0 Å². The standard InChI is InChI=1S/C24H16ClF3N2O3/c1-29-16-3-5-17(6-4-16)33-18-7-9-21-22(14-18)32-11-10-30(21)23(31)13-15-2-8-20(25)19(12-15)24(26,27)28/h2-9,12,14H,10-11,13H2. The molecular weight excluding hydrogens is 457 g/mol. The number of hydrogen-bond donors (Lipinski definition) is 0. The summed E-state index contributed by atoms with van der Waals surface area (Å²) in [7, 11) is 0. The Morgan fingerprint density at radius 1 is 1.09 bits per heavy atom. The quantitative estimate of drug-likeness (QED) is 0.398. The van der Waals surface area contributed by atoms with Gasteiger partial charge in [-0.2, -0.15) is 13.2 Å². The second-order valence-corrected chi connectivity index (χ2v) is 7.63. The molecule has 9 heteroatoms. The lowest BCUT2D eigenvalue weighted by atomic mass is 10.1. The van der Waals surface area contributed by atoms with Crippen LogP contribution in [0.25, 0.3) is 4.85 Å². The molecule has 0 radical (unpaired) electrons. The maximum Gasteiger partial charge on any atom is 0.417 e. The molecule has 0 atom stereocenters. The number of carbonyl (C=O) groups excluding carboxylic acids is 1. The molecule has 33 heavy (non-hydrogen) atoms. The SMILES string of the molecule is [C-]#[N+]c1ccc(Oc2ccc3c(c2)OCCN3C(=O)Cc2ccc(Cl)c(C(F)(F)F)c2)cc1. The van der Waals surface area contributed by atoms with Crippen LogP contribution < -0.4 is 14.4 Å². The molecule has 0 spiro atoms. The first kappa shape index (κ1) is 22.5. The van der Waals surface area contributed by atoms with Gasteiger partial charge in [-0.05, 0) is 42.0 Å². The number of benzene rings is 3. The van der Waals surface area contributed by atoms with Crippen molar-refractivity contribution >= 4 is 28.9 Å². The fourth-order valence-electron chi connectivity index (χ4n) is 3.42. The van der Waals surface area contributed by atoms with E-state index in [0.717, 1.165) is 12.1 Å². The monoisotopic (exact) mass is 472 g/mol. The number of hydrogen-bond acceptors (Lipinski definition) is 3. The highest BCUT2D eigenvalue weighted by atomic mass is 35.5. The van der Waals surface area contributed by atoms with Crippen LogP contribution in [-0.2, 0) is 17.4 Å². The fraction of sp³-hybridized carbons (Fsp3) is 0.167. The van der Waals surface area contributed by atoms with E-state index in [9.17, 15) is 18.0 Å². The summed E-state index contributed by atoms with van der Waals surface area (Å²) in [6.07, 6.45) is -4.82. The first-order valence-electron chi connectivity index (χ1n) is 9.83. The molecule has 3 aromatic carbocycles. The Kier molecular flexibility index (Phi) is 6.16. The largest absolute Gasteiger partial charge is 0.489 e. The molecule has 0 N–H and O–H groups in total. The minimum atomic E-state index is -4.60. The van der Waals surface area contributed by atoms with E-state index in [1.807, 2.05) is 0 Å². The minimum Gasteiger partial charge on any atom is -0.489 e. The van der Waals surface area contributed by atoms with Gasteiger partial charge in [0.1, 0.15) is 23.9 Å². The predicted octanol–water partition coefficient (Wildman–Crippen LogP) is 6.67. The summed E-state index contributed by atoms with van der Waals surface area (Å²) in [6.45, 7) is 7.49. The Labute approximate surface area is 192 Å². The van der Waals surface area contributed by atoms with Crippen LogP contribution in [0.5, 0.6) is 17.2 Å². The van der Waals surface area contributed by atoms with Crippen LogP contribution in [-0.4, -0.2) is 19.1 Å². The number of rotatable bonds is 4. The van der Waals surface area contributed by atoms with E-state index in [1.165, 1.54) is 11.0 Å². The Morgan fingerprint density at radius 3 is 2.52 bits per heavy atom. The lowest BCUT2D eigenvalue weighted by Crippen LogP contribution is -2.38. The number of nitrogens with zero attached hydrogens (tertiary/aromatic N) is 2. The summed E-state index contributed by atoms with van der Waals surface area (Å²) < 4.78 is 50.8. The van der Waals surface area contributed by atoms with Crippen molar-refractivity contribution in [2.45, 2.75) is 12.6 Å². The topological polar surface area (TPSA) is 43.1 Å². The molecule has 1 amide bonds. The maximum atomic E-state index is 13.1. The van der Waals surface area contributed by atoms with Gasteiger partial charge in [0, 0.05) is 6.07 Å². The van der Waals surface area contributed by atoms with Gasteiger partial charge in [-0.3, -0.25) is 4.79 Å². The number of fused-ring (bicyclic) bond motifs is 1. The number of carbonyl (C=O) groups is 1. The van der Waals surface area contributed by atoms with Gasteiger partial charge >= 0.3 is 6.18 Å². The van der Waals surface area contributed by atoms with E-state index in [4.69, 9.17) is 27.6 Å². The van der Waals surface area contributed by atoms with Gasteiger partial charge in [-0.15, -0.1) is 0 Å². The molecule has 0 aromatic heterocycles. The van der Waals surface area contributed by atoms with Crippen molar-refractivity contribution < 1.29 is 27.4 Å². The van der Waals surface area contributed by atoms with Gasteiger partial charge in [0.2, 0.25) is 5.91 Å². The second kappa shape index (κ2) is 9.04. The summed E-state index contributed by atoms with van der Waals surface area (Å²) in [5.74, 6) is 1.08. The number of anilines is 1. The zero-order chi connectivity index (χ0) is 23.6. The number of amides is 1. The molecule has 0 bridgehead atoms. The van der Waals surface area contributed by atoms with Crippen molar-refractivity contribution in [3.05, 3.63) is 88.2 Å². The molecule has 0 saturated heterocycles. The molecule has 0 fully saturated rings. The van der Waals surface area contributed by atoms with Gasteiger partial charge in [-0.1, -0.05) is 29.8 Å². The Morgan fingerprint density at radius 2 is 1.82 bits per heavy atom. The van der Waals surface area contributed by atoms with E-state index < -0.39 is 16.8 Å². The molecule has 4 rings (SSSR count). The molecule has 0 unspecified atom stereocenters. The lowest BCUT2D eigenvalue weighted by molar-refractivity contribution is -0.137. The molecule has 1 aliphatic heterocycles. The average molecular weight is 473 g/mol. The van der Waals surface area contributed by atoms with Crippen LogP contribution in [0, 0.1) is 6.57 Å². The van der Waals surface area contributed by atoms with Gasteiger partial charge in [0.05, 0.1) is 35.8 Å². The smallest absolute Gasteiger partial charge is 0.417 e. The minimum absolute atomic E-state index is 0.215. The number of halogens is 4. The van der Waals surface area contributed by atoms with Crippen LogP contribution in [0.15, 0.2) is 60.7 Å². The Hall–Kier alpha value is -3.70. The summed E-state index contributed by atoms with van der Waals surface area (Å²) in [5, 5.41) is -0.410. The molecular formula is C24H16ClF3N2O3. The second-order valence-electron chi connectivity index (χ2n) is 7.22. The Bertz CT molecular complexity index is 1240. The van der Waals surface area contributed by atoms with Crippen molar-refractivity contribution in [2.75, 3.05) is 18.1 Å². The number of alkyl halides is 3. The summed E-state index contributed by atoms with van der Waals surface area (Å²) in [4.78, 5) is 17.7. The van der Waals surface area contributed by atoms with Crippen molar-refractivity contribution in [1.82, 2.24) is 0 Å². The van der Waals surface area contributed by atoms with E-state index in [2.05, 4.69) is 4.85 Å². The zero-order valence-corrected chi connectivity index (χ0v) is 17.8. The van der Waals surface area contributed by atoms with E-state index in [-0.39, 0.29) is 31.0 Å². The molecule has 168 valence electrons. The third-order valence-electron chi connectivity index (χ3n) is 4.99. The van der Waals surface area contributed by atoms with Crippen LogP contribution in [0.3, 0.4) is 0 Å². The van der Waals surface area contributed by atoms with Crippen molar-refractivity contribution in [1.29, 1.82) is 0 Å². The summed E-state index contributed by atoms with van der Waals surface area (Å²) >= 11 is 5.66. The maximum absolute atomic E-state index is 13.1. The molecule has 3 aromatic rings. The van der Waals surface area contributed by atoms with E-state index in [1.54, 1.807) is 42.5 Å². The van der Waals surface area contributed by atoms with Gasteiger partial charge < -0.3 is 14.4 Å². The van der Waals surface area contributed by atoms with E-state index in [0.29, 0.717) is 28.6 Å². The van der Waals surface area contributed by atoms with Crippen LogP contribution in [0.2, 0.25) is 5.02 Å². The molecule has 0 saturated carbocycles. The highest BCUT2D eigenvalue weighted by Crippen LogP contribution is 2.38. The normalized spacial score (nSPS) is 13.0. The van der Waals surface area contributed by atoms with E-state index >= 15 is 0 Å². The van der Waals surface area contributed by atoms with Crippen molar-refractivity contribution in [3.63, 3.8) is 0 Å². The fourth-order valence-corrected chi connectivity index (χ4v) is 3.64. The van der Waals surface area contributed by atoms with Gasteiger partial charge in [0.15, 0.2) is 5.69 Å². The Balaban J connectivity index is 1.52. The molecule has 1 aliphatic rings. The molecule has 1 heterocycles. The summed E-state index contributed by atoms with van der Waals surface area (Å²) in [6, 6.07) is 15.0. The molecule has 0 aliphatic carbocycles. The van der Waals surface area contributed by atoms with Crippen LogP contribution in [0.1, 0.15) is 11.1 Å². The first-order chi connectivity index (χ1) is 15.7. The van der Waals surface area contributed by atoms with Gasteiger partial charge in [0.25, 0.3) is 0 Å². The highest BCUT2D eigenvalue weighted by molar-refractivity contribution is 6.31. The lowest BCUT2D eigenvalue weighted by Gasteiger charge is -2.30. The molecule has 5 nitrogen and oxygen atoms in total. The zero-order valence-electron chi connectivity index (χ0n) is 17.0. The number of ether oxygens (including phenoxy) is 2. The van der Waals surface area contributed by atoms with Crippen molar-refractivity contribution in [3.8, 4) is 17.2 Å². The first-order valence-corrected chi connectivity index (χ1v) is 10.2. The summed E-state index contributed by atoms with van der Waals surface area (Å²) in [5.41, 5.74) is 0.246. The highest BCUT2D eigenvalue weighted by Gasteiger charge is 2.33. The average Bonchev–Trinajstić information content (AvgIpc) is 2.79. The van der Waals surface area contributed by atoms with Crippen LogP contribution >= 0.6 is 11.6 Å².